The van der Waals surface area contributed by atoms with Gasteiger partial charge in [0, 0.05) is 18.8 Å². The summed E-state index contributed by atoms with van der Waals surface area (Å²) in [4.78, 5) is 27.2. The molecule has 0 unspecified atom stereocenters. The van der Waals surface area contributed by atoms with Crippen LogP contribution in [0.15, 0.2) is 42.9 Å². The Morgan fingerprint density at radius 2 is 2.09 bits per heavy atom. The van der Waals surface area contributed by atoms with E-state index in [4.69, 9.17) is 4.74 Å². The summed E-state index contributed by atoms with van der Waals surface area (Å²) in [5, 5.41) is 0. The Balaban J connectivity index is 1.68. The zero-order valence-corrected chi connectivity index (χ0v) is 12.4. The van der Waals surface area contributed by atoms with Gasteiger partial charge in [0.25, 0.3) is 0 Å². The topological polar surface area (TPSA) is 61.2 Å². The molecule has 3 rings (SSSR count). The van der Waals surface area contributed by atoms with Gasteiger partial charge in [-0.1, -0.05) is 30.3 Å². The van der Waals surface area contributed by atoms with Gasteiger partial charge in [0.05, 0.1) is 25.2 Å². The summed E-state index contributed by atoms with van der Waals surface area (Å²) in [6.07, 6.45) is 4.20. The zero-order chi connectivity index (χ0) is 15.5. The number of Topliss-reactive ketones (excluding diaryl/α,β-unsaturated/α-hetero) is 1. The molecule has 0 aliphatic heterocycles. The third-order valence-electron chi connectivity index (χ3n) is 4.06. The van der Waals surface area contributed by atoms with Gasteiger partial charge in [0.1, 0.15) is 11.5 Å². The van der Waals surface area contributed by atoms with Gasteiger partial charge >= 0.3 is 5.97 Å². The lowest BCUT2D eigenvalue weighted by molar-refractivity contribution is -0.128. The Labute approximate surface area is 128 Å². The van der Waals surface area contributed by atoms with Crippen molar-refractivity contribution in [3.8, 4) is 0 Å². The number of ketones is 1. The third kappa shape index (κ3) is 2.93. The van der Waals surface area contributed by atoms with E-state index in [1.165, 1.54) is 6.20 Å². The molecule has 1 aromatic carbocycles. The van der Waals surface area contributed by atoms with Gasteiger partial charge in [-0.15, -0.1) is 0 Å². The number of rotatable bonds is 5. The van der Waals surface area contributed by atoms with Crippen molar-refractivity contribution in [2.45, 2.75) is 25.8 Å². The summed E-state index contributed by atoms with van der Waals surface area (Å²) in [7, 11) is 0. The molecule has 2 aromatic rings. The number of esters is 1. The fourth-order valence-electron chi connectivity index (χ4n) is 2.63. The molecule has 22 heavy (non-hydrogen) atoms. The van der Waals surface area contributed by atoms with Crippen LogP contribution in [0.5, 0.6) is 0 Å². The Kier molecular flexibility index (Phi) is 4.04. The molecule has 1 aliphatic carbocycles. The van der Waals surface area contributed by atoms with Gasteiger partial charge in [0.15, 0.2) is 0 Å². The number of imidazole rings is 1. The average molecular weight is 298 g/mol. The molecular formula is C17H18N2O3. The van der Waals surface area contributed by atoms with Gasteiger partial charge < -0.3 is 9.30 Å². The van der Waals surface area contributed by atoms with Gasteiger partial charge in [-0.25, -0.2) is 9.78 Å². The van der Waals surface area contributed by atoms with Crippen LogP contribution in [-0.4, -0.2) is 27.9 Å². The number of nitrogens with zero attached hydrogens (tertiary/aromatic N) is 2. The first kappa shape index (κ1) is 14.5. The van der Waals surface area contributed by atoms with E-state index in [1.807, 2.05) is 41.8 Å². The molecule has 1 saturated carbocycles. The molecule has 0 spiro atoms. The lowest BCUT2D eigenvalue weighted by Crippen LogP contribution is -2.29. The van der Waals surface area contributed by atoms with Crippen LogP contribution in [0.2, 0.25) is 0 Å². The molecule has 0 bridgehead atoms. The minimum Gasteiger partial charge on any atom is -0.461 e. The predicted octanol–water partition coefficient (Wildman–Crippen LogP) is 2.63. The molecule has 1 fully saturated rings. The van der Waals surface area contributed by atoms with E-state index < -0.39 is 0 Å². The highest BCUT2D eigenvalue weighted by molar-refractivity contribution is 5.88. The first-order valence-electron chi connectivity index (χ1n) is 7.40. The molecule has 1 atom stereocenters. The van der Waals surface area contributed by atoms with Gasteiger partial charge in [-0.2, -0.15) is 0 Å². The van der Waals surface area contributed by atoms with Crippen molar-refractivity contribution in [3.63, 3.8) is 0 Å². The normalized spacial score (nSPS) is 16.1. The average Bonchev–Trinajstić information content (AvgIpc) is 3.00. The highest BCUT2D eigenvalue weighted by Gasteiger charge is 2.28. The smallest absolute Gasteiger partial charge is 0.356 e. The maximum atomic E-state index is 12.2. The Bertz CT molecular complexity index is 670. The number of hydrogen-bond acceptors (Lipinski definition) is 4. The van der Waals surface area contributed by atoms with E-state index in [1.54, 1.807) is 6.33 Å². The summed E-state index contributed by atoms with van der Waals surface area (Å²) in [5.74, 6) is 0.0304. The van der Waals surface area contributed by atoms with Crippen LogP contribution >= 0.6 is 0 Å². The summed E-state index contributed by atoms with van der Waals surface area (Å²) >= 11 is 0. The molecule has 5 nitrogen and oxygen atoms in total. The van der Waals surface area contributed by atoms with E-state index in [0.717, 1.165) is 5.56 Å². The predicted molar refractivity (Wildman–Crippen MR) is 80.5 cm³/mol. The molecule has 0 radical (unpaired) electrons. The van der Waals surface area contributed by atoms with Crippen LogP contribution in [0.1, 0.15) is 41.9 Å². The number of carbonyl (C=O) groups excluding carboxylic acids is 2. The van der Waals surface area contributed by atoms with Gasteiger partial charge in [0.2, 0.25) is 0 Å². The Hall–Kier alpha value is -2.43. The van der Waals surface area contributed by atoms with Crippen molar-refractivity contribution in [3.05, 3.63) is 54.1 Å². The number of hydrogen-bond donors (Lipinski definition) is 0. The number of aromatic nitrogens is 2. The van der Waals surface area contributed by atoms with E-state index in [2.05, 4.69) is 4.98 Å². The van der Waals surface area contributed by atoms with Crippen molar-refractivity contribution in [1.82, 2.24) is 9.55 Å². The first-order chi connectivity index (χ1) is 10.6. The molecule has 1 heterocycles. The second-order valence-corrected chi connectivity index (χ2v) is 5.68. The molecule has 0 N–H and O–H groups in total. The Morgan fingerprint density at radius 1 is 1.36 bits per heavy atom. The summed E-state index contributed by atoms with van der Waals surface area (Å²) in [6, 6.07) is 9.91. The van der Waals surface area contributed by atoms with E-state index in [0.29, 0.717) is 25.1 Å². The minimum absolute atomic E-state index is 0.00321. The molecule has 1 aromatic heterocycles. The second kappa shape index (κ2) is 6.13. The second-order valence-electron chi connectivity index (χ2n) is 5.68. The summed E-state index contributed by atoms with van der Waals surface area (Å²) in [5.41, 5.74) is 1.53. The van der Waals surface area contributed by atoms with Crippen molar-refractivity contribution in [2.24, 2.45) is 5.92 Å². The fraction of sp³-hybridized carbons (Fsp3) is 0.353. The minimum atomic E-state index is -0.389. The van der Waals surface area contributed by atoms with Crippen molar-refractivity contribution in [2.75, 3.05) is 6.61 Å². The standard InChI is InChI=1S/C17H18N2O3/c1-12(14-5-3-2-4-6-14)19-11-18-9-16(19)17(21)22-10-13-7-15(20)8-13/h2-6,9,11-13H,7-8,10H2,1H3/t12-/m1/s1. The zero-order valence-electron chi connectivity index (χ0n) is 12.4. The number of ether oxygens (including phenoxy) is 1. The monoisotopic (exact) mass is 298 g/mol. The Morgan fingerprint density at radius 3 is 2.77 bits per heavy atom. The number of carbonyl (C=O) groups is 2. The maximum absolute atomic E-state index is 12.2. The van der Waals surface area contributed by atoms with Crippen molar-refractivity contribution >= 4 is 11.8 Å². The fourth-order valence-corrected chi connectivity index (χ4v) is 2.63. The van der Waals surface area contributed by atoms with Gasteiger partial charge in [-0.3, -0.25) is 4.79 Å². The van der Waals surface area contributed by atoms with Crippen LogP contribution in [0.3, 0.4) is 0 Å². The quantitative estimate of drug-likeness (QED) is 0.796. The van der Waals surface area contributed by atoms with Crippen LogP contribution in [-0.2, 0) is 9.53 Å². The number of benzene rings is 1. The van der Waals surface area contributed by atoms with Crippen LogP contribution in [0.25, 0.3) is 0 Å². The lowest BCUT2D eigenvalue weighted by Gasteiger charge is -2.23. The van der Waals surface area contributed by atoms with Crippen LogP contribution in [0, 0.1) is 5.92 Å². The highest BCUT2D eigenvalue weighted by Crippen LogP contribution is 2.24. The third-order valence-corrected chi connectivity index (χ3v) is 4.06. The molecular weight excluding hydrogens is 280 g/mol. The molecule has 114 valence electrons. The summed E-state index contributed by atoms with van der Waals surface area (Å²) < 4.78 is 7.12. The van der Waals surface area contributed by atoms with Crippen molar-refractivity contribution in [1.29, 1.82) is 0 Å². The highest BCUT2D eigenvalue weighted by atomic mass is 16.5. The summed E-state index contributed by atoms with van der Waals surface area (Å²) in [6.45, 7) is 2.31. The molecule has 0 amide bonds. The maximum Gasteiger partial charge on any atom is 0.356 e. The van der Waals surface area contributed by atoms with E-state index in [-0.39, 0.29) is 23.7 Å². The molecule has 1 aliphatic rings. The molecule has 0 saturated heterocycles. The van der Waals surface area contributed by atoms with E-state index >= 15 is 0 Å². The van der Waals surface area contributed by atoms with E-state index in [9.17, 15) is 9.59 Å². The van der Waals surface area contributed by atoms with Crippen LogP contribution < -0.4 is 0 Å². The molecule has 5 heteroatoms. The lowest BCUT2D eigenvalue weighted by atomic mass is 9.85. The SMILES string of the molecule is C[C@H](c1ccccc1)n1cncc1C(=O)OCC1CC(=O)C1. The van der Waals surface area contributed by atoms with Gasteiger partial charge in [-0.05, 0) is 12.5 Å². The van der Waals surface area contributed by atoms with Crippen molar-refractivity contribution < 1.29 is 14.3 Å². The first-order valence-corrected chi connectivity index (χ1v) is 7.40. The van der Waals surface area contributed by atoms with Crippen LogP contribution in [0.4, 0.5) is 0 Å². The largest absolute Gasteiger partial charge is 0.461 e.